The molecule has 0 bridgehead atoms. The Balaban J connectivity index is 2.37. The van der Waals surface area contributed by atoms with E-state index in [1.165, 1.54) is 11.3 Å². The molecule has 0 aliphatic carbocycles. The van der Waals surface area contributed by atoms with Gasteiger partial charge in [0, 0.05) is 18.1 Å². The van der Waals surface area contributed by atoms with Crippen molar-refractivity contribution in [2.75, 3.05) is 6.54 Å². The Labute approximate surface area is 116 Å². The Hall–Kier alpha value is -1.63. The number of hydrogen-bond donors (Lipinski definition) is 3. The van der Waals surface area contributed by atoms with Crippen LogP contribution in [0.5, 0.6) is 0 Å². The molecule has 19 heavy (non-hydrogen) atoms. The van der Waals surface area contributed by atoms with Crippen LogP contribution in [0.3, 0.4) is 0 Å². The molecule has 1 aromatic heterocycles. The number of hydrogen-bond acceptors (Lipinski definition) is 4. The van der Waals surface area contributed by atoms with E-state index in [-0.39, 0.29) is 6.03 Å². The first-order chi connectivity index (χ1) is 8.83. The molecule has 0 fully saturated rings. The van der Waals surface area contributed by atoms with E-state index in [2.05, 4.69) is 15.6 Å². The molecule has 3 N–H and O–H groups in total. The van der Waals surface area contributed by atoms with Crippen molar-refractivity contribution in [3.8, 4) is 0 Å². The van der Waals surface area contributed by atoms with Crippen LogP contribution >= 0.6 is 11.3 Å². The molecule has 6 nitrogen and oxygen atoms in total. The van der Waals surface area contributed by atoms with Crippen LogP contribution in [0.2, 0.25) is 0 Å². The maximum Gasteiger partial charge on any atom is 0.315 e. The molecule has 0 radical (unpaired) electrons. The molecule has 0 saturated heterocycles. The Bertz CT molecular complexity index is 431. The van der Waals surface area contributed by atoms with Gasteiger partial charge < -0.3 is 15.7 Å². The topological polar surface area (TPSA) is 91.3 Å². The molecule has 1 aromatic rings. The summed E-state index contributed by atoms with van der Waals surface area (Å²) in [5, 5.41) is 16.9. The molecule has 1 rings (SSSR count). The van der Waals surface area contributed by atoms with Gasteiger partial charge in [-0.1, -0.05) is 6.92 Å². The number of nitrogens with zero attached hydrogens (tertiary/aromatic N) is 1. The minimum atomic E-state index is -0.856. The molecule has 1 atom stereocenters. The highest BCUT2D eigenvalue weighted by Crippen LogP contribution is 2.21. The smallest absolute Gasteiger partial charge is 0.315 e. The second-order valence-corrected chi connectivity index (χ2v) is 5.77. The third-order valence-corrected chi connectivity index (χ3v) is 3.77. The lowest BCUT2D eigenvalue weighted by Crippen LogP contribution is -2.46. The molecule has 0 saturated carbocycles. The summed E-state index contributed by atoms with van der Waals surface area (Å²) in [4.78, 5) is 26.5. The molecule has 0 aliphatic rings. The zero-order valence-corrected chi connectivity index (χ0v) is 12.1. The van der Waals surface area contributed by atoms with Gasteiger partial charge in [-0.15, -0.1) is 11.3 Å². The molecular weight excluding hydrogens is 266 g/mol. The van der Waals surface area contributed by atoms with E-state index in [1.54, 1.807) is 13.1 Å². The van der Waals surface area contributed by atoms with Crippen molar-refractivity contribution >= 4 is 23.3 Å². The number of amides is 2. The van der Waals surface area contributed by atoms with E-state index in [1.807, 2.05) is 19.2 Å². The Kier molecular flexibility index (Phi) is 5.29. The number of urea groups is 1. The zero-order valence-electron chi connectivity index (χ0n) is 11.3. The van der Waals surface area contributed by atoms with E-state index in [0.29, 0.717) is 13.0 Å². The number of carboxylic acid groups (broad SMARTS) is 1. The molecular formula is C12H19N3O3S. The average molecular weight is 285 g/mol. The zero-order chi connectivity index (χ0) is 14.5. The average Bonchev–Trinajstić information content (AvgIpc) is 2.81. The van der Waals surface area contributed by atoms with E-state index in [0.717, 1.165) is 5.01 Å². The molecule has 2 amide bonds. The number of carboxylic acids is 1. The quantitative estimate of drug-likeness (QED) is 0.743. The SMILES string of the molecule is CC(CCNC(=O)NC(C)(C)c1nccs1)C(=O)O. The van der Waals surface area contributed by atoms with Crippen LogP contribution in [0.4, 0.5) is 4.79 Å². The summed E-state index contributed by atoms with van der Waals surface area (Å²) >= 11 is 1.47. The van der Waals surface area contributed by atoms with Crippen molar-refractivity contribution in [2.24, 2.45) is 5.92 Å². The number of rotatable bonds is 6. The third kappa shape index (κ3) is 4.86. The summed E-state index contributed by atoms with van der Waals surface area (Å²) in [5.41, 5.74) is -0.545. The van der Waals surface area contributed by atoms with Gasteiger partial charge in [0.25, 0.3) is 0 Å². The number of carbonyl (C=O) groups excluding carboxylic acids is 1. The van der Waals surface area contributed by atoms with Crippen LogP contribution in [0.25, 0.3) is 0 Å². The summed E-state index contributed by atoms with van der Waals surface area (Å²) in [6, 6.07) is -0.321. The maximum atomic E-state index is 11.7. The summed E-state index contributed by atoms with van der Waals surface area (Å²) in [6.07, 6.45) is 2.09. The van der Waals surface area contributed by atoms with Gasteiger partial charge in [0.1, 0.15) is 5.01 Å². The number of thiazole rings is 1. The van der Waals surface area contributed by atoms with Gasteiger partial charge in [0.15, 0.2) is 0 Å². The largest absolute Gasteiger partial charge is 0.481 e. The highest BCUT2D eigenvalue weighted by Gasteiger charge is 2.25. The van der Waals surface area contributed by atoms with E-state index in [4.69, 9.17) is 5.11 Å². The van der Waals surface area contributed by atoms with Crippen LogP contribution in [-0.2, 0) is 10.3 Å². The van der Waals surface area contributed by atoms with Crippen LogP contribution in [0.1, 0.15) is 32.2 Å². The Morgan fingerprint density at radius 2 is 2.21 bits per heavy atom. The molecule has 7 heteroatoms. The lowest BCUT2D eigenvalue weighted by molar-refractivity contribution is -0.141. The minimum Gasteiger partial charge on any atom is -0.481 e. The highest BCUT2D eigenvalue weighted by molar-refractivity contribution is 7.09. The summed E-state index contributed by atoms with van der Waals surface area (Å²) in [5.74, 6) is -1.32. The van der Waals surface area contributed by atoms with Crippen molar-refractivity contribution in [3.63, 3.8) is 0 Å². The van der Waals surface area contributed by atoms with Gasteiger partial charge in [0.05, 0.1) is 11.5 Å². The second kappa shape index (κ2) is 6.51. The lowest BCUT2D eigenvalue weighted by atomic mass is 10.1. The van der Waals surface area contributed by atoms with Gasteiger partial charge in [-0.05, 0) is 20.3 Å². The number of nitrogens with one attached hydrogen (secondary N) is 2. The Morgan fingerprint density at radius 1 is 1.53 bits per heavy atom. The second-order valence-electron chi connectivity index (χ2n) is 4.87. The van der Waals surface area contributed by atoms with Crippen molar-refractivity contribution < 1.29 is 14.7 Å². The van der Waals surface area contributed by atoms with Crippen LogP contribution < -0.4 is 10.6 Å². The lowest BCUT2D eigenvalue weighted by Gasteiger charge is -2.24. The molecule has 1 unspecified atom stereocenters. The first kappa shape index (κ1) is 15.4. The number of aliphatic carboxylic acids is 1. The van der Waals surface area contributed by atoms with Crippen molar-refractivity contribution in [1.29, 1.82) is 0 Å². The monoisotopic (exact) mass is 285 g/mol. The summed E-state index contributed by atoms with van der Waals surface area (Å²) in [6.45, 7) is 5.67. The predicted octanol–water partition coefficient (Wildman–Crippen LogP) is 1.79. The van der Waals surface area contributed by atoms with Gasteiger partial charge >= 0.3 is 12.0 Å². The van der Waals surface area contributed by atoms with Gasteiger partial charge in [-0.2, -0.15) is 0 Å². The standard InChI is InChI=1S/C12H19N3O3S/c1-8(9(16)17)4-5-14-11(18)15-12(2,3)10-13-6-7-19-10/h6-8H,4-5H2,1-3H3,(H,16,17)(H2,14,15,18). The predicted molar refractivity (Wildman–Crippen MR) is 73.1 cm³/mol. The molecule has 106 valence electrons. The van der Waals surface area contributed by atoms with Crippen molar-refractivity contribution in [3.05, 3.63) is 16.6 Å². The molecule has 1 heterocycles. The van der Waals surface area contributed by atoms with Crippen LogP contribution in [0, 0.1) is 5.92 Å². The van der Waals surface area contributed by atoms with Crippen LogP contribution in [0.15, 0.2) is 11.6 Å². The highest BCUT2D eigenvalue weighted by atomic mass is 32.1. The molecule has 0 spiro atoms. The van der Waals surface area contributed by atoms with Gasteiger partial charge in [0.2, 0.25) is 0 Å². The number of carbonyl (C=O) groups is 2. The molecule has 0 aliphatic heterocycles. The van der Waals surface area contributed by atoms with Gasteiger partial charge in [-0.25, -0.2) is 9.78 Å². The Morgan fingerprint density at radius 3 is 2.74 bits per heavy atom. The first-order valence-electron chi connectivity index (χ1n) is 6.01. The van der Waals surface area contributed by atoms with Gasteiger partial charge in [-0.3, -0.25) is 4.79 Å². The van der Waals surface area contributed by atoms with E-state index >= 15 is 0 Å². The number of aromatic nitrogens is 1. The fourth-order valence-corrected chi connectivity index (χ4v) is 2.16. The summed E-state index contributed by atoms with van der Waals surface area (Å²) in [7, 11) is 0. The van der Waals surface area contributed by atoms with E-state index < -0.39 is 17.4 Å². The van der Waals surface area contributed by atoms with Crippen molar-refractivity contribution in [1.82, 2.24) is 15.6 Å². The molecule has 0 aromatic carbocycles. The van der Waals surface area contributed by atoms with E-state index in [9.17, 15) is 9.59 Å². The van der Waals surface area contributed by atoms with Crippen molar-refractivity contribution in [2.45, 2.75) is 32.7 Å². The fourth-order valence-electron chi connectivity index (χ4n) is 1.44. The summed E-state index contributed by atoms with van der Waals surface area (Å²) < 4.78 is 0. The normalized spacial score (nSPS) is 12.8. The fraction of sp³-hybridized carbons (Fsp3) is 0.583. The van der Waals surface area contributed by atoms with Crippen LogP contribution in [-0.4, -0.2) is 28.6 Å². The third-order valence-electron chi connectivity index (χ3n) is 2.68. The minimum absolute atomic E-state index is 0.321. The first-order valence-corrected chi connectivity index (χ1v) is 6.89. The maximum absolute atomic E-state index is 11.7.